The number of phosphoric ester groups is 1. The zero-order valence-electron chi connectivity index (χ0n) is 28.6. The molecule has 0 saturated heterocycles. The average Bonchev–Trinajstić information content (AvgIpc) is 3.05. The summed E-state index contributed by atoms with van der Waals surface area (Å²) in [4.78, 5) is 23.1. The van der Waals surface area contributed by atoms with E-state index in [0.29, 0.717) is 12.8 Å². The van der Waals surface area contributed by atoms with E-state index in [1.165, 1.54) is 25.3 Å². The molecule has 1 fully saturated rings. The Bertz CT molecular complexity index is 979. The fourth-order valence-electron chi connectivity index (χ4n) is 5.17. The maximum absolute atomic E-state index is 12.8. The Morgan fingerprint density at radius 2 is 1.25 bits per heavy atom. The van der Waals surface area contributed by atoms with E-state index in [1.54, 1.807) is 6.08 Å². The van der Waals surface area contributed by atoms with Crippen LogP contribution in [0.5, 0.6) is 0 Å². The van der Waals surface area contributed by atoms with E-state index < -0.39 is 75.2 Å². The van der Waals surface area contributed by atoms with Crippen LogP contribution in [0.1, 0.15) is 110 Å². The zero-order valence-corrected chi connectivity index (χ0v) is 29.5. The number of unbranched alkanes of at least 4 members (excludes halogenated alkanes) is 9. The number of hydrogen-bond acceptors (Lipinski definition) is 11. The van der Waals surface area contributed by atoms with Crippen molar-refractivity contribution in [3.05, 3.63) is 36.5 Å². The first-order chi connectivity index (χ1) is 22.8. The first kappa shape index (κ1) is 44.5. The first-order valence-electron chi connectivity index (χ1n) is 17.5. The number of carbonyl (C=O) groups is 1. The molecule has 280 valence electrons. The van der Waals surface area contributed by atoms with Crippen molar-refractivity contribution in [2.75, 3.05) is 6.61 Å². The van der Waals surface area contributed by atoms with E-state index in [1.807, 2.05) is 6.08 Å². The highest BCUT2D eigenvalue weighted by Gasteiger charge is 2.51. The monoisotopic (exact) mass is 707 g/mol. The highest BCUT2D eigenvalue weighted by Crippen LogP contribution is 2.47. The van der Waals surface area contributed by atoms with Gasteiger partial charge in [0.25, 0.3) is 0 Å². The Labute approximate surface area is 286 Å². The summed E-state index contributed by atoms with van der Waals surface area (Å²) in [5.74, 6) is -0.621. The Hall–Kier alpha value is -1.48. The molecule has 0 radical (unpaired) electrons. The Kier molecular flexibility index (Phi) is 23.6. The molecule has 0 heterocycles. The number of nitrogens with one attached hydrogen (secondary N) is 1. The molecule has 1 aliphatic rings. The lowest BCUT2D eigenvalue weighted by molar-refractivity contribution is -0.220. The normalized spacial score (nSPS) is 26.6. The van der Waals surface area contributed by atoms with Crippen molar-refractivity contribution in [3.8, 4) is 0 Å². The van der Waals surface area contributed by atoms with Gasteiger partial charge < -0.3 is 46.0 Å². The largest absolute Gasteiger partial charge is 0.472 e. The summed E-state index contributed by atoms with van der Waals surface area (Å²) in [7, 11) is -5.13. The second-order valence-electron chi connectivity index (χ2n) is 12.5. The van der Waals surface area contributed by atoms with Crippen LogP contribution in [0.4, 0.5) is 0 Å². The molecule has 0 spiro atoms. The number of aliphatic hydroxyl groups is 7. The van der Waals surface area contributed by atoms with Gasteiger partial charge in [0, 0.05) is 0 Å². The van der Waals surface area contributed by atoms with Gasteiger partial charge in [-0.15, -0.1) is 0 Å². The average molecular weight is 708 g/mol. The van der Waals surface area contributed by atoms with Crippen molar-refractivity contribution < 1.29 is 59.0 Å². The number of allylic oxidation sites excluding steroid dienone is 5. The number of aliphatic hydroxyl groups excluding tert-OH is 7. The predicted molar refractivity (Wildman–Crippen MR) is 183 cm³/mol. The number of carbonyl (C=O) groups excluding carboxylic acids is 1. The molecule has 14 heteroatoms. The maximum atomic E-state index is 12.8. The van der Waals surface area contributed by atoms with Gasteiger partial charge in [-0.2, -0.15) is 0 Å². The van der Waals surface area contributed by atoms with Crippen LogP contribution in [-0.2, 0) is 18.4 Å². The van der Waals surface area contributed by atoms with Crippen molar-refractivity contribution in [2.24, 2.45) is 0 Å². The minimum atomic E-state index is -5.13. The van der Waals surface area contributed by atoms with Gasteiger partial charge in [-0.1, -0.05) is 88.8 Å². The Morgan fingerprint density at radius 3 is 1.85 bits per heavy atom. The third-order valence-corrected chi connectivity index (χ3v) is 9.18. The molecular formula is C34H62NO12P. The van der Waals surface area contributed by atoms with E-state index in [2.05, 4.69) is 37.4 Å². The summed E-state index contributed by atoms with van der Waals surface area (Å²) >= 11 is 0. The van der Waals surface area contributed by atoms with Crippen molar-refractivity contribution in [1.82, 2.24) is 5.32 Å². The molecule has 0 aliphatic heterocycles. The Morgan fingerprint density at radius 1 is 0.729 bits per heavy atom. The smallest absolute Gasteiger partial charge is 0.393 e. The lowest BCUT2D eigenvalue weighted by atomic mass is 9.85. The van der Waals surface area contributed by atoms with E-state index in [-0.39, 0.29) is 6.42 Å². The molecule has 0 aromatic carbocycles. The molecule has 48 heavy (non-hydrogen) atoms. The van der Waals surface area contributed by atoms with Crippen LogP contribution in [-0.4, -0.2) is 108 Å². The van der Waals surface area contributed by atoms with Crippen LogP contribution in [0.3, 0.4) is 0 Å². The molecule has 1 saturated carbocycles. The lowest BCUT2D eigenvalue weighted by Gasteiger charge is -2.41. The summed E-state index contributed by atoms with van der Waals surface area (Å²) in [6, 6.07) is -1.26. The molecule has 8 unspecified atom stereocenters. The molecule has 1 rings (SSSR count). The maximum Gasteiger partial charge on any atom is 0.472 e. The van der Waals surface area contributed by atoms with Crippen LogP contribution in [0.15, 0.2) is 36.5 Å². The topological polar surface area (TPSA) is 226 Å². The molecule has 13 nitrogen and oxygen atoms in total. The van der Waals surface area contributed by atoms with Crippen molar-refractivity contribution in [1.29, 1.82) is 0 Å². The molecule has 0 aromatic rings. The molecule has 0 aromatic heterocycles. The minimum Gasteiger partial charge on any atom is -0.393 e. The number of hydrogen-bond donors (Lipinski definition) is 9. The fourth-order valence-corrected chi connectivity index (χ4v) is 6.14. The van der Waals surface area contributed by atoms with Crippen molar-refractivity contribution in [3.63, 3.8) is 0 Å². The first-order valence-corrected chi connectivity index (χ1v) is 19.0. The third-order valence-electron chi connectivity index (χ3n) is 8.20. The van der Waals surface area contributed by atoms with Crippen LogP contribution in [0, 0.1) is 0 Å². The van der Waals surface area contributed by atoms with Gasteiger partial charge in [0.05, 0.1) is 31.3 Å². The highest BCUT2D eigenvalue weighted by molar-refractivity contribution is 7.47. The van der Waals surface area contributed by atoms with Gasteiger partial charge in [-0.3, -0.25) is 13.8 Å². The summed E-state index contributed by atoms with van der Waals surface area (Å²) in [5, 5.41) is 73.6. The minimum absolute atomic E-state index is 0.265. The van der Waals surface area contributed by atoms with Crippen LogP contribution >= 0.6 is 7.82 Å². The molecular weight excluding hydrogens is 645 g/mol. The molecule has 8 atom stereocenters. The number of rotatable bonds is 26. The zero-order chi connectivity index (χ0) is 36.0. The van der Waals surface area contributed by atoms with E-state index in [9.17, 15) is 50.0 Å². The second-order valence-corrected chi connectivity index (χ2v) is 13.9. The van der Waals surface area contributed by atoms with Gasteiger partial charge in [0.15, 0.2) is 0 Å². The molecule has 9 N–H and O–H groups in total. The molecule has 1 aliphatic carbocycles. The van der Waals surface area contributed by atoms with Crippen molar-refractivity contribution >= 4 is 13.7 Å². The number of amides is 1. The fraction of sp³-hybridized carbons (Fsp3) is 0.794. The predicted octanol–water partition coefficient (Wildman–Crippen LogP) is 3.07. The van der Waals surface area contributed by atoms with Gasteiger partial charge in [-0.05, 0) is 51.4 Å². The van der Waals surface area contributed by atoms with E-state index >= 15 is 0 Å². The molecule has 1 amide bonds. The van der Waals surface area contributed by atoms with Gasteiger partial charge in [-0.25, -0.2) is 4.57 Å². The third kappa shape index (κ3) is 18.5. The standard InChI is InChI=1S/C34H62NO12P/c1-3-5-7-9-11-13-14-15-17-19-21-25(36)23-28(38)35-26(27(37)22-20-18-16-12-10-8-6-4-2)24-46-48(44,45)47-34-32(42)30(40)29(39)31(41)33(34)43/h10-13,20,22,25-27,29-34,36-37,39-43H,3-9,14-19,21,23-24H2,1-2H3,(H,35,38)(H,44,45)/b12-10+,13-11-,22-20+. The summed E-state index contributed by atoms with van der Waals surface area (Å²) in [6.07, 6.45) is 10.2. The SMILES string of the molecule is CCCC/C=C/CC/C=C/C(O)C(COP(=O)(O)OC1C(O)C(O)C(O)C(O)C1O)NC(=O)CC(O)CCCCC/C=C\CCCCC. The van der Waals surface area contributed by atoms with Gasteiger partial charge in [0.2, 0.25) is 5.91 Å². The Balaban J connectivity index is 2.73. The van der Waals surface area contributed by atoms with Crippen LogP contribution in [0.2, 0.25) is 0 Å². The highest BCUT2D eigenvalue weighted by atomic mass is 31.2. The van der Waals surface area contributed by atoms with E-state index in [0.717, 1.165) is 57.8 Å². The summed E-state index contributed by atoms with van der Waals surface area (Å²) in [6.45, 7) is 3.53. The summed E-state index contributed by atoms with van der Waals surface area (Å²) < 4.78 is 22.6. The quantitative estimate of drug-likeness (QED) is 0.0359. The van der Waals surface area contributed by atoms with Crippen molar-refractivity contribution in [2.45, 2.75) is 165 Å². The molecule has 0 bridgehead atoms. The van der Waals surface area contributed by atoms with Gasteiger partial charge in [0.1, 0.15) is 36.6 Å². The van der Waals surface area contributed by atoms with Crippen LogP contribution in [0.25, 0.3) is 0 Å². The summed E-state index contributed by atoms with van der Waals surface area (Å²) in [5.41, 5.74) is 0. The van der Waals surface area contributed by atoms with E-state index in [4.69, 9.17) is 9.05 Å². The number of phosphoric acid groups is 1. The van der Waals surface area contributed by atoms with Crippen LogP contribution < -0.4 is 5.32 Å². The van der Waals surface area contributed by atoms with Gasteiger partial charge >= 0.3 is 7.82 Å². The lowest BCUT2D eigenvalue weighted by Crippen LogP contribution is -2.64. The second kappa shape index (κ2) is 25.5.